The van der Waals surface area contributed by atoms with Gasteiger partial charge in [-0.25, -0.2) is 0 Å². The fourth-order valence-electron chi connectivity index (χ4n) is 1.74. The molecule has 1 unspecified atom stereocenters. The van der Waals surface area contributed by atoms with E-state index in [-0.39, 0.29) is 11.4 Å². The number of nitrogens with zero attached hydrogens (tertiary/aromatic N) is 1. The van der Waals surface area contributed by atoms with E-state index in [0.717, 1.165) is 19.4 Å². The molecule has 0 bridgehead atoms. The van der Waals surface area contributed by atoms with Crippen LogP contribution in [0.2, 0.25) is 0 Å². The molecule has 1 heterocycles. The van der Waals surface area contributed by atoms with Crippen molar-refractivity contribution in [3.8, 4) is 0 Å². The van der Waals surface area contributed by atoms with Crippen LogP contribution in [-0.4, -0.2) is 36.5 Å². The van der Waals surface area contributed by atoms with E-state index in [1.54, 1.807) is 6.08 Å². The van der Waals surface area contributed by atoms with Crippen LogP contribution >= 0.6 is 0 Å². The van der Waals surface area contributed by atoms with Gasteiger partial charge in [0.1, 0.15) is 0 Å². The molecule has 0 aromatic rings. The van der Waals surface area contributed by atoms with E-state index in [1.807, 2.05) is 14.0 Å². The van der Waals surface area contributed by atoms with Crippen LogP contribution in [0.15, 0.2) is 12.7 Å². The summed E-state index contributed by atoms with van der Waals surface area (Å²) in [4.78, 5) is 13.9. The SMILES string of the molecule is C=CCNC(=O)C1(C)CCCN1C. The largest absolute Gasteiger partial charge is 0.351 e. The molecule has 13 heavy (non-hydrogen) atoms. The highest BCUT2D eigenvalue weighted by Gasteiger charge is 2.40. The van der Waals surface area contributed by atoms with Crippen LogP contribution in [0.25, 0.3) is 0 Å². The predicted octanol–water partition coefficient (Wildman–Crippen LogP) is 0.773. The average molecular weight is 182 g/mol. The Hall–Kier alpha value is -0.830. The number of hydrogen-bond acceptors (Lipinski definition) is 2. The highest BCUT2D eigenvalue weighted by molar-refractivity contribution is 5.86. The lowest BCUT2D eigenvalue weighted by Gasteiger charge is -2.30. The zero-order chi connectivity index (χ0) is 9.90. The molecule has 0 spiro atoms. The van der Waals surface area contributed by atoms with E-state index < -0.39 is 0 Å². The van der Waals surface area contributed by atoms with Crippen molar-refractivity contribution in [2.45, 2.75) is 25.3 Å². The summed E-state index contributed by atoms with van der Waals surface area (Å²) in [7, 11) is 2.00. The monoisotopic (exact) mass is 182 g/mol. The number of amides is 1. The maximum absolute atomic E-state index is 11.7. The molecule has 1 amide bonds. The molecular formula is C10H18N2O. The first kappa shape index (κ1) is 10.3. The third-order valence-electron chi connectivity index (χ3n) is 2.90. The second-order valence-electron chi connectivity index (χ2n) is 3.80. The van der Waals surface area contributed by atoms with Gasteiger partial charge < -0.3 is 5.32 Å². The maximum atomic E-state index is 11.7. The highest BCUT2D eigenvalue weighted by atomic mass is 16.2. The zero-order valence-electron chi connectivity index (χ0n) is 8.47. The summed E-state index contributed by atoms with van der Waals surface area (Å²) in [5.41, 5.74) is -0.303. The first-order chi connectivity index (χ1) is 6.11. The maximum Gasteiger partial charge on any atom is 0.240 e. The van der Waals surface area contributed by atoms with Gasteiger partial charge in [-0.05, 0) is 33.4 Å². The molecule has 1 saturated heterocycles. The van der Waals surface area contributed by atoms with Crippen LogP contribution in [0.1, 0.15) is 19.8 Å². The molecule has 1 atom stereocenters. The van der Waals surface area contributed by atoms with E-state index in [1.165, 1.54) is 0 Å². The molecule has 0 aromatic heterocycles. The number of carbonyl (C=O) groups excluding carboxylic acids is 1. The Kier molecular flexibility index (Phi) is 3.09. The van der Waals surface area contributed by atoms with Gasteiger partial charge in [-0.1, -0.05) is 6.08 Å². The lowest BCUT2D eigenvalue weighted by molar-refractivity contribution is -0.130. The Labute approximate surface area is 79.8 Å². The lowest BCUT2D eigenvalue weighted by Crippen LogP contribution is -2.51. The van der Waals surface area contributed by atoms with Gasteiger partial charge in [-0.3, -0.25) is 9.69 Å². The molecule has 1 fully saturated rings. The Morgan fingerprint density at radius 3 is 2.92 bits per heavy atom. The van der Waals surface area contributed by atoms with E-state index >= 15 is 0 Å². The van der Waals surface area contributed by atoms with E-state index in [0.29, 0.717) is 6.54 Å². The molecule has 1 aliphatic heterocycles. The minimum atomic E-state index is -0.303. The van der Waals surface area contributed by atoms with E-state index in [2.05, 4.69) is 16.8 Å². The van der Waals surface area contributed by atoms with Gasteiger partial charge in [0, 0.05) is 6.54 Å². The predicted molar refractivity (Wildman–Crippen MR) is 53.5 cm³/mol. The second kappa shape index (κ2) is 3.92. The summed E-state index contributed by atoms with van der Waals surface area (Å²) in [6.45, 7) is 7.14. The summed E-state index contributed by atoms with van der Waals surface area (Å²) in [6, 6.07) is 0. The van der Waals surface area contributed by atoms with Crippen LogP contribution < -0.4 is 5.32 Å². The van der Waals surface area contributed by atoms with Crippen molar-refractivity contribution < 1.29 is 4.79 Å². The fraction of sp³-hybridized carbons (Fsp3) is 0.700. The minimum absolute atomic E-state index is 0.118. The number of likely N-dealkylation sites (tertiary alicyclic amines) is 1. The number of nitrogens with one attached hydrogen (secondary N) is 1. The Balaban J connectivity index is 2.57. The molecule has 0 aliphatic carbocycles. The van der Waals surface area contributed by atoms with Gasteiger partial charge in [0.15, 0.2) is 0 Å². The standard InChI is InChI=1S/C10H18N2O/c1-4-7-11-9(13)10(2)6-5-8-12(10)3/h4H,1,5-8H2,2-3H3,(H,11,13). The van der Waals surface area contributed by atoms with Crippen molar-refractivity contribution in [2.75, 3.05) is 20.1 Å². The molecule has 3 heteroatoms. The fourth-order valence-corrected chi connectivity index (χ4v) is 1.74. The summed E-state index contributed by atoms with van der Waals surface area (Å²) in [5.74, 6) is 0.118. The summed E-state index contributed by atoms with van der Waals surface area (Å²) in [6.07, 6.45) is 3.76. The third-order valence-corrected chi connectivity index (χ3v) is 2.90. The van der Waals surface area contributed by atoms with Crippen LogP contribution in [0.3, 0.4) is 0 Å². The molecule has 1 aliphatic rings. The number of likely N-dealkylation sites (N-methyl/N-ethyl adjacent to an activating group) is 1. The summed E-state index contributed by atoms with van der Waals surface area (Å²) >= 11 is 0. The molecule has 1 rings (SSSR count). The van der Waals surface area contributed by atoms with Gasteiger partial charge in [0.2, 0.25) is 5.91 Å². The van der Waals surface area contributed by atoms with E-state index in [4.69, 9.17) is 0 Å². The topological polar surface area (TPSA) is 32.3 Å². The van der Waals surface area contributed by atoms with Crippen molar-refractivity contribution in [3.63, 3.8) is 0 Å². The molecule has 3 nitrogen and oxygen atoms in total. The van der Waals surface area contributed by atoms with Crippen LogP contribution in [0, 0.1) is 0 Å². The molecular weight excluding hydrogens is 164 g/mol. The van der Waals surface area contributed by atoms with Gasteiger partial charge in [0.25, 0.3) is 0 Å². The second-order valence-corrected chi connectivity index (χ2v) is 3.80. The molecule has 0 saturated carbocycles. The molecule has 0 radical (unpaired) electrons. The Morgan fingerprint density at radius 2 is 2.46 bits per heavy atom. The number of rotatable bonds is 3. The van der Waals surface area contributed by atoms with Gasteiger partial charge in [-0.2, -0.15) is 0 Å². The molecule has 1 N–H and O–H groups in total. The van der Waals surface area contributed by atoms with Crippen molar-refractivity contribution in [1.82, 2.24) is 10.2 Å². The smallest absolute Gasteiger partial charge is 0.240 e. The van der Waals surface area contributed by atoms with Crippen LogP contribution in [0.5, 0.6) is 0 Å². The minimum Gasteiger partial charge on any atom is -0.351 e. The Morgan fingerprint density at radius 1 is 1.77 bits per heavy atom. The van der Waals surface area contributed by atoms with Gasteiger partial charge in [0.05, 0.1) is 5.54 Å². The zero-order valence-corrected chi connectivity index (χ0v) is 8.47. The molecule has 0 aromatic carbocycles. The summed E-state index contributed by atoms with van der Waals surface area (Å²) < 4.78 is 0. The van der Waals surface area contributed by atoms with Crippen LogP contribution in [0.4, 0.5) is 0 Å². The van der Waals surface area contributed by atoms with Crippen LogP contribution in [-0.2, 0) is 4.79 Å². The highest BCUT2D eigenvalue weighted by Crippen LogP contribution is 2.26. The van der Waals surface area contributed by atoms with Crippen molar-refractivity contribution in [2.24, 2.45) is 0 Å². The first-order valence-corrected chi connectivity index (χ1v) is 4.71. The van der Waals surface area contributed by atoms with Gasteiger partial charge >= 0.3 is 0 Å². The summed E-state index contributed by atoms with van der Waals surface area (Å²) in [5, 5.41) is 2.85. The number of carbonyl (C=O) groups is 1. The van der Waals surface area contributed by atoms with E-state index in [9.17, 15) is 4.79 Å². The third kappa shape index (κ3) is 1.91. The van der Waals surface area contributed by atoms with Gasteiger partial charge in [-0.15, -0.1) is 6.58 Å². The number of hydrogen-bond donors (Lipinski definition) is 1. The van der Waals surface area contributed by atoms with Crippen molar-refractivity contribution >= 4 is 5.91 Å². The first-order valence-electron chi connectivity index (χ1n) is 4.71. The van der Waals surface area contributed by atoms with Crippen molar-refractivity contribution in [3.05, 3.63) is 12.7 Å². The quantitative estimate of drug-likeness (QED) is 0.654. The molecule has 74 valence electrons. The Bertz CT molecular complexity index is 215. The van der Waals surface area contributed by atoms with Crippen molar-refractivity contribution in [1.29, 1.82) is 0 Å². The lowest BCUT2D eigenvalue weighted by atomic mass is 9.98. The average Bonchev–Trinajstić information content (AvgIpc) is 2.44. The normalized spacial score (nSPS) is 28.8.